The largest absolute Gasteiger partial charge is 0.497 e. The fourth-order valence-electron chi connectivity index (χ4n) is 3.37. The van der Waals surface area contributed by atoms with Gasteiger partial charge in [-0.15, -0.1) is 0 Å². The predicted octanol–water partition coefficient (Wildman–Crippen LogP) is 2.84. The number of ether oxygens (including phenoxy) is 1. The van der Waals surface area contributed by atoms with Crippen LogP contribution in [0.25, 0.3) is 0 Å². The Morgan fingerprint density at radius 2 is 1.92 bits per heavy atom. The van der Waals surface area contributed by atoms with E-state index in [1.807, 2.05) is 30.3 Å². The van der Waals surface area contributed by atoms with Crippen molar-refractivity contribution in [3.05, 3.63) is 65.7 Å². The number of methoxy groups -OCH3 is 1. The molecule has 1 amide bonds. The van der Waals surface area contributed by atoms with Crippen molar-refractivity contribution < 1.29 is 9.53 Å². The van der Waals surface area contributed by atoms with Crippen LogP contribution in [0.15, 0.2) is 54.6 Å². The molecule has 1 aliphatic heterocycles. The Balaban J connectivity index is 1.38. The average Bonchev–Trinajstić information content (AvgIpc) is 3.11. The Kier molecular flexibility index (Phi) is 6.07. The van der Waals surface area contributed by atoms with Crippen LogP contribution in [-0.2, 0) is 11.2 Å². The zero-order chi connectivity index (χ0) is 17.5. The van der Waals surface area contributed by atoms with E-state index < -0.39 is 0 Å². The lowest BCUT2D eigenvalue weighted by Gasteiger charge is -2.16. The Hall–Kier alpha value is -2.33. The third-order valence-corrected chi connectivity index (χ3v) is 4.81. The highest BCUT2D eigenvalue weighted by atomic mass is 16.5. The number of carbonyl (C=O) groups is 1. The van der Waals surface area contributed by atoms with Crippen molar-refractivity contribution in [3.8, 4) is 5.75 Å². The summed E-state index contributed by atoms with van der Waals surface area (Å²) >= 11 is 0. The summed E-state index contributed by atoms with van der Waals surface area (Å²) in [7, 11) is 1.66. The normalized spacial score (nSPS) is 17.4. The predicted molar refractivity (Wildman–Crippen MR) is 99.9 cm³/mol. The molecule has 0 radical (unpaired) electrons. The number of hydrogen-bond acceptors (Lipinski definition) is 3. The van der Waals surface area contributed by atoms with E-state index in [1.165, 1.54) is 11.1 Å². The molecule has 0 bridgehead atoms. The third kappa shape index (κ3) is 5.07. The molecule has 1 heterocycles. The molecule has 1 saturated heterocycles. The molecule has 0 unspecified atom stereocenters. The highest BCUT2D eigenvalue weighted by molar-refractivity contribution is 5.78. The van der Waals surface area contributed by atoms with Crippen molar-refractivity contribution in [1.29, 1.82) is 0 Å². The smallest absolute Gasteiger partial charge is 0.234 e. The second-order valence-corrected chi connectivity index (χ2v) is 6.58. The number of likely N-dealkylation sites (tertiary alicyclic amines) is 1. The van der Waals surface area contributed by atoms with Gasteiger partial charge in [-0.1, -0.05) is 42.5 Å². The van der Waals surface area contributed by atoms with E-state index in [0.29, 0.717) is 19.0 Å². The van der Waals surface area contributed by atoms with Crippen LogP contribution in [0.4, 0.5) is 0 Å². The SMILES string of the molecule is COc1ccc(CCNC(=O)CN2CC[C@@H](c3ccccc3)C2)cc1. The molecule has 0 aliphatic carbocycles. The molecule has 4 heteroatoms. The van der Waals surface area contributed by atoms with Gasteiger partial charge in [0.25, 0.3) is 0 Å². The maximum Gasteiger partial charge on any atom is 0.234 e. The second kappa shape index (κ2) is 8.67. The van der Waals surface area contributed by atoms with Crippen LogP contribution in [0.3, 0.4) is 0 Å². The Morgan fingerprint density at radius 1 is 1.16 bits per heavy atom. The van der Waals surface area contributed by atoms with E-state index in [1.54, 1.807) is 7.11 Å². The van der Waals surface area contributed by atoms with Crippen molar-refractivity contribution in [2.75, 3.05) is 33.3 Å². The number of benzene rings is 2. The molecule has 4 nitrogen and oxygen atoms in total. The number of nitrogens with zero attached hydrogens (tertiary/aromatic N) is 1. The molecule has 25 heavy (non-hydrogen) atoms. The average molecular weight is 338 g/mol. The first-order valence-electron chi connectivity index (χ1n) is 8.91. The number of hydrogen-bond donors (Lipinski definition) is 1. The maximum absolute atomic E-state index is 12.2. The third-order valence-electron chi connectivity index (χ3n) is 4.81. The molecular formula is C21H26N2O2. The number of amides is 1. The molecule has 0 saturated carbocycles. The molecular weight excluding hydrogens is 312 g/mol. The summed E-state index contributed by atoms with van der Waals surface area (Å²) in [5.74, 6) is 1.52. The molecule has 0 spiro atoms. The zero-order valence-electron chi connectivity index (χ0n) is 14.8. The van der Waals surface area contributed by atoms with E-state index in [9.17, 15) is 4.79 Å². The lowest BCUT2D eigenvalue weighted by atomic mass is 9.99. The number of nitrogens with one attached hydrogen (secondary N) is 1. The summed E-state index contributed by atoms with van der Waals surface area (Å²) in [6, 6.07) is 18.6. The van der Waals surface area contributed by atoms with Crippen LogP contribution >= 0.6 is 0 Å². The monoisotopic (exact) mass is 338 g/mol. The fourth-order valence-corrected chi connectivity index (χ4v) is 3.37. The highest BCUT2D eigenvalue weighted by Crippen LogP contribution is 2.26. The summed E-state index contributed by atoms with van der Waals surface area (Å²) < 4.78 is 5.15. The second-order valence-electron chi connectivity index (χ2n) is 6.58. The van der Waals surface area contributed by atoms with Crippen molar-refractivity contribution in [1.82, 2.24) is 10.2 Å². The standard InChI is InChI=1S/C21H26N2O2/c1-25-20-9-7-17(8-10-20)11-13-22-21(24)16-23-14-12-19(15-23)18-5-3-2-4-6-18/h2-10,19H,11-16H2,1H3,(H,22,24)/t19-/m1/s1. The summed E-state index contributed by atoms with van der Waals surface area (Å²) in [4.78, 5) is 14.4. The molecule has 2 aromatic carbocycles. The van der Waals surface area contributed by atoms with Crippen LogP contribution in [0, 0.1) is 0 Å². The quantitative estimate of drug-likeness (QED) is 0.844. The Bertz CT molecular complexity index is 670. The van der Waals surface area contributed by atoms with Gasteiger partial charge in [-0.05, 0) is 48.6 Å². The summed E-state index contributed by atoms with van der Waals surface area (Å²) in [6.07, 6.45) is 1.96. The number of carbonyl (C=O) groups excluding carboxylic acids is 1. The Morgan fingerprint density at radius 3 is 2.64 bits per heavy atom. The van der Waals surface area contributed by atoms with Gasteiger partial charge in [0, 0.05) is 13.1 Å². The van der Waals surface area contributed by atoms with Gasteiger partial charge >= 0.3 is 0 Å². The first-order chi connectivity index (χ1) is 12.2. The van der Waals surface area contributed by atoms with Crippen LogP contribution in [0.5, 0.6) is 5.75 Å². The fraction of sp³-hybridized carbons (Fsp3) is 0.381. The van der Waals surface area contributed by atoms with Gasteiger partial charge in [-0.25, -0.2) is 0 Å². The first-order valence-corrected chi connectivity index (χ1v) is 8.91. The summed E-state index contributed by atoms with van der Waals surface area (Å²) in [5, 5.41) is 3.03. The molecule has 1 N–H and O–H groups in total. The van der Waals surface area contributed by atoms with E-state index in [-0.39, 0.29) is 5.91 Å². The minimum absolute atomic E-state index is 0.113. The first kappa shape index (κ1) is 17.5. The molecule has 0 aromatic heterocycles. The van der Waals surface area contributed by atoms with E-state index in [4.69, 9.17) is 4.74 Å². The molecule has 3 rings (SSSR count). The van der Waals surface area contributed by atoms with Gasteiger partial charge in [0.2, 0.25) is 5.91 Å². The van der Waals surface area contributed by atoms with Crippen molar-refractivity contribution >= 4 is 5.91 Å². The topological polar surface area (TPSA) is 41.6 Å². The van der Waals surface area contributed by atoms with Crippen molar-refractivity contribution in [2.45, 2.75) is 18.8 Å². The van der Waals surface area contributed by atoms with Crippen molar-refractivity contribution in [3.63, 3.8) is 0 Å². The van der Waals surface area contributed by atoms with Gasteiger partial charge in [-0.2, -0.15) is 0 Å². The summed E-state index contributed by atoms with van der Waals surface area (Å²) in [5.41, 5.74) is 2.58. The molecule has 1 atom stereocenters. The van der Waals surface area contributed by atoms with E-state index in [2.05, 4.69) is 34.5 Å². The lowest BCUT2D eigenvalue weighted by molar-refractivity contribution is -0.121. The van der Waals surface area contributed by atoms with Crippen LogP contribution < -0.4 is 10.1 Å². The molecule has 1 fully saturated rings. The van der Waals surface area contributed by atoms with Gasteiger partial charge in [0.05, 0.1) is 13.7 Å². The minimum atomic E-state index is 0.113. The van der Waals surface area contributed by atoms with E-state index in [0.717, 1.165) is 31.7 Å². The lowest BCUT2D eigenvalue weighted by Crippen LogP contribution is -2.36. The molecule has 1 aliphatic rings. The molecule has 132 valence electrons. The minimum Gasteiger partial charge on any atom is -0.497 e. The van der Waals surface area contributed by atoms with Crippen molar-refractivity contribution in [2.24, 2.45) is 0 Å². The highest BCUT2D eigenvalue weighted by Gasteiger charge is 2.24. The van der Waals surface area contributed by atoms with Crippen LogP contribution in [-0.4, -0.2) is 44.1 Å². The Labute approximate surface area is 149 Å². The van der Waals surface area contributed by atoms with Gasteiger partial charge in [-0.3, -0.25) is 9.69 Å². The molecule has 2 aromatic rings. The van der Waals surface area contributed by atoms with Gasteiger partial charge < -0.3 is 10.1 Å². The van der Waals surface area contributed by atoms with Gasteiger partial charge in [0.15, 0.2) is 0 Å². The number of rotatable bonds is 7. The summed E-state index contributed by atoms with van der Waals surface area (Å²) in [6.45, 7) is 3.12. The van der Waals surface area contributed by atoms with E-state index >= 15 is 0 Å². The zero-order valence-corrected chi connectivity index (χ0v) is 14.8. The maximum atomic E-state index is 12.2. The van der Waals surface area contributed by atoms with Gasteiger partial charge in [0.1, 0.15) is 5.75 Å². The van der Waals surface area contributed by atoms with Crippen LogP contribution in [0.1, 0.15) is 23.5 Å². The van der Waals surface area contributed by atoms with Crippen LogP contribution in [0.2, 0.25) is 0 Å².